The third kappa shape index (κ3) is 3.28. The quantitative estimate of drug-likeness (QED) is 0.852. The van der Waals surface area contributed by atoms with Crippen molar-refractivity contribution in [1.29, 1.82) is 0 Å². The van der Waals surface area contributed by atoms with E-state index >= 15 is 0 Å². The number of hydrogen-bond donors (Lipinski definition) is 1. The molecule has 1 amide bonds. The number of carbonyl (C=O) groups is 1. The minimum atomic E-state index is -0.674. The van der Waals surface area contributed by atoms with Gasteiger partial charge in [0.2, 0.25) is 0 Å². The zero-order valence-corrected chi connectivity index (χ0v) is 13.8. The fourth-order valence-corrected chi connectivity index (χ4v) is 2.92. The van der Waals surface area contributed by atoms with Crippen molar-refractivity contribution in [2.75, 3.05) is 13.2 Å². The number of benzene rings is 1. The van der Waals surface area contributed by atoms with Crippen LogP contribution in [0.4, 0.5) is 0 Å². The standard InChI is InChI=1S/C18H21NO5/c1-3-22-15-7-4-6-12-10-13(18(21)24-16(12)15)17(20)19-11(2)14-8-5-9-23-14/h4,6-7,10-11,14H,3,5,8-9H2,1-2H3,(H,19,20)/t11-,14+/m1/s1. The maximum atomic E-state index is 12.4. The largest absolute Gasteiger partial charge is 0.490 e. The molecule has 1 aliphatic heterocycles. The van der Waals surface area contributed by atoms with Gasteiger partial charge in [0.05, 0.1) is 18.8 Å². The van der Waals surface area contributed by atoms with Crippen molar-refractivity contribution in [2.24, 2.45) is 0 Å². The van der Waals surface area contributed by atoms with Gasteiger partial charge in [-0.25, -0.2) is 4.79 Å². The maximum Gasteiger partial charge on any atom is 0.349 e. The highest BCUT2D eigenvalue weighted by Gasteiger charge is 2.25. The molecular weight excluding hydrogens is 310 g/mol. The van der Waals surface area contributed by atoms with Crippen LogP contribution in [0.2, 0.25) is 0 Å². The van der Waals surface area contributed by atoms with Gasteiger partial charge in [-0.2, -0.15) is 0 Å². The molecule has 2 heterocycles. The van der Waals surface area contributed by atoms with Gasteiger partial charge in [0, 0.05) is 12.0 Å². The van der Waals surface area contributed by atoms with Crippen LogP contribution >= 0.6 is 0 Å². The third-order valence-electron chi connectivity index (χ3n) is 4.15. The van der Waals surface area contributed by atoms with Crippen LogP contribution in [0.1, 0.15) is 37.0 Å². The van der Waals surface area contributed by atoms with E-state index in [1.165, 1.54) is 0 Å². The second kappa shape index (κ2) is 7.05. The van der Waals surface area contributed by atoms with Gasteiger partial charge < -0.3 is 19.2 Å². The average molecular weight is 331 g/mol. The van der Waals surface area contributed by atoms with Crippen molar-refractivity contribution in [3.05, 3.63) is 40.2 Å². The zero-order valence-electron chi connectivity index (χ0n) is 13.8. The van der Waals surface area contributed by atoms with Crippen molar-refractivity contribution in [2.45, 2.75) is 38.8 Å². The molecule has 0 aliphatic carbocycles. The summed E-state index contributed by atoms with van der Waals surface area (Å²) in [4.78, 5) is 24.6. The number of para-hydroxylation sites is 1. The summed E-state index contributed by atoms with van der Waals surface area (Å²) >= 11 is 0. The lowest BCUT2D eigenvalue weighted by molar-refractivity contribution is 0.0710. The number of rotatable bonds is 5. The molecule has 6 nitrogen and oxygen atoms in total. The van der Waals surface area contributed by atoms with Gasteiger partial charge in [0.1, 0.15) is 5.56 Å². The Hall–Kier alpha value is -2.34. The Balaban J connectivity index is 1.87. The Morgan fingerprint density at radius 2 is 2.29 bits per heavy atom. The Kier molecular flexibility index (Phi) is 4.85. The van der Waals surface area contributed by atoms with Crippen molar-refractivity contribution in [3.8, 4) is 5.75 Å². The van der Waals surface area contributed by atoms with E-state index in [1.807, 2.05) is 13.8 Å². The van der Waals surface area contributed by atoms with Gasteiger partial charge in [0.25, 0.3) is 5.91 Å². The van der Waals surface area contributed by atoms with Gasteiger partial charge in [-0.15, -0.1) is 0 Å². The second-order valence-electron chi connectivity index (χ2n) is 5.87. The average Bonchev–Trinajstić information content (AvgIpc) is 3.09. The van der Waals surface area contributed by atoms with Gasteiger partial charge in [-0.05, 0) is 38.8 Å². The summed E-state index contributed by atoms with van der Waals surface area (Å²) in [6.07, 6.45) is 1.89. The molecule has 3 rings (SSSR count). The Morgan fingerprint density at radius 3 is 3.00 bits per heavy atom. The van der Waals surface area contributed by atoms with Crippen LogP contribution in [0.3, 0.4) is 0 Å². The number of ether oxygens (including phenoxy) is 2. The normalized spacial score (nSPS) is 18.5. The first-order valence-corrected chi connectivity index (χ1v) is 8.22. The van der Waals surface area contributed by atoms with Crippen LogP contribution in [0.25, 0.3) is 11.0 Å². The molecule has 2 atom stereocenters. The number of carbonyl (C=O) groups excluding carboxylic acids is 1. The Labute approximate surface area is 139 Å². The minimum Gasteiger partial charge on any atom is -0.490 e. The topological polar surface area (TPSA) is 77.8 Å². The number of nitrogens with one attached hydrogen (secondary N) is 1. The highest BCUT2D eigenvalue weighted by molar-refractivity contribution is 5.97. The molecule has 1 aliphatic rings. The minimum absolute atomic E-state index is 0.00833. The molecule has 1 saturated heterocycles. The van der Waals surface area contributed by atoms with E-state index < -0.39 is 11.5 Å². The third-order valence-corrected chi connectivity index (χ3v) is 4.15. The first-order chi connectivity index (χ1) is 11.6. The molecule has 0 spiro atoms. The molecule has 24 heavy (non-hydrogen) atoms. The van der Waals surface area contributed by atoms with Crippen LogP contribution in [-0.2, 0) is 4.74 Å². The molecule has 1 fully saturated rings. The lowest BCUT2D eigenvalue weighted by Crippen LogP contribution is -2.42. The van der Waals surface area contributed by atoms with Crippen molar-refractivity contribution < 1.29 is 18.7 Å². The van der Waals surface area contributed by atoms with E-state index in [0.29, 0.717) is 29.9 Å². The van der Waals surface area contributed by atoms with E-state index in [0.717, 1.165) is 12.8 Å². The first kappa shape index (κ1) is 16.5. The summed E-state index contributed by atoms with van der Waals surface area (Å²) in [5.74, 6) is 0.0437. The van der Waals surface area contributed by atoms with Crippen LogP contribution < -0.4 is 15.7 Å². The van der Waals surface area contributed by atoms with Gasteiger partial charge in [-0.1, -0.05) is 12.1 Å². The lowest BCUT2D eigenvalue weighted by Gasteiger charge is -2.19. The molecule has 2 aromatic rings. The number of fused-ring (bicyclic) bond motifs is 1. The van der Waals surface area contributed by atoms with Gasteiger partial charge in [-0.3, -0.25) is 4.79 Å². The van der Waals surface area contributed by atoms with E-state index in [1.54, 1.807) is 24.3 Å². The fourth-order valence-electron chi connectivity index (χ4n) is 2.92. The molecule has 0 bridgehead atoms. The van der Waals surface area contributed by atoms with E-state index in [9.17, 15) is 9.59 Å². The summed E-state index contributed by atoms with van der Waals surface area (Å²) in [7, 11) is 0. The van der Waals surface area contributed by atoms with Crippen molar-refractivity contribution in [1.82, 2.24) is 5.32 Å². The van der Waals surface area contributed by atoms with E-state index in [4.69, 9.17) is 13.9 Å². The Morgan fingerprint density at radius 1 is 1.46 bits per heavy atom. The first-order valence-electron chi connectivity index (χ1n) is 8.22. The number of amides is 1. The van der Waals surface area contributed by atoms with Crippen LogP contribution in [-0.4, -0.2) is 31.3 Å². The Bertz CT molecular complexity index is 792. The molecule has 0 saturated carbocycles. The maximum absolute atomic E-state index is 12.4. The zero-order chi connectivity index (χ0) is 17.1. The smallest absolute Gasteiger partial charge is 0.349 e. The summed E-state index contributed by atoms with van der Waals surface area (Å²) in [5, 5.41) is 3.48. The van der Waals surface area contributed by atoms with E-state index in [2.05, 4.69) is 5.32 Å². The highest BCUT2D eigenvalue weighted by atomic mass is 16.5. The number of hydrogen-bond acceptors (Lipinski definition) is 5. The molecule has 6 heteroatoms. The van der Waals surface area contributed by atoms with Crippen molar-refractivity contribution >= 4 is 16.9 Å². The molecule has 1 aromatic heterocycles. The van der Waals surface area contributed by atoms with Crippen molar-refractivity contribution in [3.63, 3.8) is 0 Å². The summed E-state index contributed by atoms with van der Waals surface area (Å²) < 4.78 is 16.4. The summed E-state index contributed by atoms with van der Waals surface area (Å²) in [6, 6.07) is 6.69. The monoisotopic (exact) mass is 331 g/mol. The molecule has 0 unspecified atom stereocenters. The molecule has 128 valence electrons. The van der Waals surface area contributed by atoms with Gasteiger partial charge >= 0.3 is 5.63 Å². The molecular formula is C18H21NO5. The fraction of sp³-hybridized carbons (Fsp3) is 0.444. The predicted molar refractivity (Wildman–Crippen MR) is 89.6 cm³/mol. The predicted octanol–water partition coefficient (Wildman–Crippen LogP) is 2.49. The van der Waals surface area contributed by atoms with Crippen LogP contribution in [0, 0.1) is 0 Å². The highest BCUT2D eigenvalue weighted by Crippen LogP contribution is 2.25. The van der Waals surface area contributed by atoms with E-state index in [-0.39, 0.29) is 17.7 Å². The molecule has 1 N–H and O–H groups in total. The molecule has 0 radical (unpaired) electrons. The lowest BCUT2D eigenvalue weighted by atomic mass is 10.1. The summed E-state index contributed by atoms with van der Waals surface area (Å²) in [6.45, 7) is 4.90. The van der Waals surface area contributed by atoms with Crippen LogP contribution in [0.5, 0.6) is 5.75 Å². The second-order valence-corrected chi connectivity index (χ2v) is 5.87. The van der Waals surface area contributed by atoms with Crippen LogP contribution in [0.15, 0.2) is 33.5 Å². The summed E-state index contributed by atoms with van der Waals surface area (Å²) in [5.41, 5.74) is -0.333. The molecule has 1 aromatic carbocycles. The van der Waals surface area contributed by atoms with Gasteiger partial charge in [0.15, 0.2) is 11.3 Å². The SMILES string of the molecule is CCOc1cccc2cc(C(=O)N[C@H](C)[C@@H]3CCCO3)c(=O)oc12.